The van der Waals surface area contributed by atoms with Crippen LogP contribution in [0.15, 0.2) is 10.3 Å². The SMILES string of the molecule is COC(=O)c1scc(C)c1S(=O)(=O)N(CCO)C1CCC1. The summed E-state index contributed by atoms with van der Waals surface area (Å²) < 4.78 is 31.8. The lowest BCUT2D eigenvalue weighted by atomic mass is 9.93. The Labute approximate surface area is 128 Å². The third kappa shape index (κ3) is 2.98. The summed E-state index contributed by atoms with van der Waals surface area (Å²) in [5, 5.41) is 10.8. The molecular formula is C13H19NO5S2. The van der Waals surface area contributed by atoms with Gasteiger partial charge in [0.1, 0.15) is 9.77 Å². The standard InChI is InChI=1S/C13H19NO5S2/c1-9-8-20-11(13(16)19-2)12(9)21(17,18)14(6-7-15)10-4-3-5-10/h8,10,15H,3-7H2,1-2H3. The third-order valence-electron chi connectivity index (χ3n) is 3.66. The summed E-state index contributed by atoms with van der Waals surface area (Å²) in [4.78, 5) is 11.9. The van der Waals surface area contributed by atoms with Crippen LogP contribution >= 0.6 is 11.3 Å². The van der Waals surface area contributed by atoms with Crippen LogP contribution in [0.3, 0.4) is 0 Å². The second kappa shape index (κ2) is 6.43. The molecule has 0 spiro atoms. The summed E-state index contributed by atoms with van der Waals surface area (Å²) in [7, 11) is -2.59. The zero-order valence-corrected chi connectivity index (χ0v) is 13.7. The van der Waals surface area contributed by atoms with Gasteiger partial charge in [-0.2, -0.15) is 4.31 Å². The van der Waals surface area contributed by atoms with Crippen molar-refractivity contribution in [1.82, 2.24) is 4.31 Å². The van der Waals surface area contributed by atoms with Crippen LogP contribution in [0.4, 0.5) is 0 Å². The topological polar surface area (TPSA) is 83.9 Å². The number of ether oxygens (including phenoxy) is 1. The van der Waals surface area contributed by atoms with Gasteiger partial charge in [0, 0.05) is 12.6 Å². The summed E-state index contributed by atoms with van der Waals surface area (Å²) in [6, 6.07) is -0.0908. The van der Waals surface area contributed by atoms with Gasteiger partial charge in [-0.05, 0) is 30.7 Å². The predicted octanol–water partition coefficient (Wildman–Crippen LogP) is 1.38. The quantitative estimate of drug-likeness (QED) is 0.795. The molecule has 1 aromatic heterocycles. The number of aliphatic hydroxyl groups is 1. The number of hydrogen-bond acceptors (Lipinski definition) is 6. The highest BCUT2D eigenvalue weighted by Gasteiger charge is 2.38. The average molecular weight is 333 g/mol. The minimum absolute atomic E-state index is 0.0136. The molecule has 0 unspecified atom stereocenters. The smallest absolute Gasteiger partial charge is 0.349 e. The van der Waals surface area contributed by atoms with Crippen LogP contribution in [0, 0.1) is 6.92 Å². The number of carbonyl (C=O) groups excluding carboxylic acids is 1. The van der Waals surface area contributed by atoms with Crippen molar-refractivity contribution in [1.29, 1.82) is 0 Å². The minimum Gasteiger partial charge on any atom is -0.465 e. The summed E-state index contributed by atoms with van der Waals surface area (Å²) in [6.07, 6.45) is 2.56. The van der Waals surface area contributed by atoms with Gasteiger partial charge >= 0.3 is 5.97 Å². The van der Waals surface area contributed by atoms with Gasteiger partial charge < -0.3 is 9.84 Å². The van der Waals surface area contributed by atoms with Crippen molar-refractivity contribution in [3.8, 4) is 0 Å². The van der Waals surface area contributed by atoms with Gasteiger partial charge in [-0.15, -0.1) is 11.3 Å². The van der Waals surface area contributed by atoms with Gasteiger partial charge in [0.2, 0.25) is 10.0 Å². The van der Waals surface area contributed by atoms with Crippen LogP contribution in [-0.2, 0) is 14.8 Å². The van der Waals surface area contributed by atoms with E-state index in [1.165, 1.54) is 11.4 Å². The van der Waals surface area contributed by atoms with E-state index in [4.69, 9.17) is 5.11 Å². The normalized spacial score (nSPS) is 16.0. The fourth-order valence-corrected chi connectivity index (χ4v) is 5.72. The molecule has 1 N–H and O–H groups in total. The van der Waals surface area contributed by atoms with E-state index in [0.717, 1.165) is 30.6 Å². The highest BCUT2D eigenvalue weighted by molar-refractivity contribution is 7.89. The lowest BCUT2D eigenvalue weighted by molar-refractivity contribution is 0.0602. The first-order chi connectivity index (χ1) is 9.93. The molecule has 0 aliphatic heterocycles. The highest BCUT2D eigenvalue weighted by Crippen LogP contribution is 2.34. The summed E-state index contributed by atoms with van der Waals surface area (Å²) in [5.74, 6) is -0.649. The lowest BCUT2D eigenvalue weighted by Gasteiger charge is -2.36. The van der Waals surface area contributed by atoms with Crippen LogP contribution in [-0.4, -0.2) is 50.1 Å². The van der Waals surface area contributed by atoms with Crippen LogP contribution < -0.4 is 0 Å². The van der Waals surface area contributed by atoms with Crippen LogP contribution in [0.1, 0.15) is 34.5 Å². The molecule has 1 aromatic rings. The molecule has 0 saturated heterocycles. The first-order valence-electron chi connectivity index (χ1n) is 6.72. The summed E-state index contributed by atoms with van der Waals surface area (Å²) in [6.45, 7) is 1.46. The van der Waals surface area contributed by atoms with Crippen molar-refractivity contribution in [2.75, 3.05) is 20.3 Å². The number of esters is 1. The Balaban J connectivity index is 2.46. The fourth-order valence-electron chi connectivity index (χ4n) is 2.38. The van der Waals surface area contributed by atoms with Crippen molar-refractivity contribution >= 4 is 27.3 Å². The number of nitrogens with zero attached hydrogens (tertiary/aromatic N) is 1. The highest BCUT2D eigenvalue weighted by atomic mass is 32.2. The molecule has 1 aliphatic carbocycles. The van der Waals surface area contributed by atoms with Crippen molar-refractivity contribution in [2.24, 2.45) is 0 Å². The molecular weight excluding hydrogens is 314 g/mol. The molecule has 118 valence electrons. The number of sulfonamides is 1. The van der Waals surface area contributed by atoms with Crippen molar-refractivity contribution < 1.29 is 23.1 Å². The molecule has 21 heavy (non-hydrogen) atoms. The van der Waals surface area contributed by atoms with E-state index in [1.54, 1.807) is 12.3 Å². The molecule has 1 fully saturated rings. The lowest BCUT2D eigenvalue weighted by Crippen LogP contribution is -2.45. The molecule has 1 saturated carbocycles. The van der Waals surface area contributed by atoms with Crippen LogP contribution in [0.5, 0.6) is 0 Å². The molecule has 6 nitrogen and oxygen atoms in total. The van der Waals surface area contributed by atoms with E-state index in [2.05, 4.69) is 4.74 Å². The van der Waals surface area contributed by atoms with Gasteiger partial charge in [-0.1, -0.05) is 6.42 Å². The second-order valence-corrected chi connectivity index (χ2v) is 7.70. The molecule has 0 atom stereocenters. The predicted molar refractivity (Wildman–Crippen MR) is 79.0 cm³/mol. The number of aryl methyl sites for hydroxylation is 1. The largest absolute Gasteiger partial charge is 0.465 e. The van der Waals surface area contributed by atoms with Gasteiger partial charge in [0.15, 0.2) is 0 Å². The third-order valence-corrected chi connectivity index (χ3v) is 7.01. The summed E-state index contributed by atoms with van der Waals surface area (Å²) in [5.41, 5.74) is 0.530. The van der Waals surface area contributed by atoms with Gasteiger partial charge in [-0.25, -0.2) is 13.2 Å². The van der Waals surface area contributed by atoms with E-state index >= 15 is 0 Å². The van der Waals surface area contributed by atoms with E-state index < -0.39 is 16.0 Å². The van der Waals surface area contributed by atoms with Crippen molar-refractivity contribution in [3.05, 3.63) is 15.8 Å². The first-order valence-corrected chi connectivity index (χ1v) is 9.04. The van der Waals surface area contributed by atoms with E-state index in [9.17, 15) is 13.2 Å². The fraction of sp³-hybridized carbons (Fsp3) is 0.615. The number of aliphatic hydroxyl groups excluding tert-OH is 1. The molecule has 1 heterocycles. The molecule has 0 aromatic carbocycles. The molecule has 0 amide bonds. The van der Waals surface area contributed by atoms with Gasteiger partial charge in [-0.3, -0.25) is 0 Å². The Morgan fingerprint density at radius 2 is 2.19 bits per heavy atom. The van der Waals surface area contributed by atoms with E-state index in [1.807, 2.05) is 0 Å². The Kier molecular flexibility index (Phi) is 5.03. The maximum Gasteiger partial charge on any atom is 0.349 e. The molecule has 0 radical (unpaired) electrons. The van der Waals surface area contributed by atoms with Crippen LogP contribution in [0.2, 0.25) is 0 Å². The maximum atomic E-state index is 12.9. The minimum atomic E-state index is -3.81. The van der Waals surface area contributed by atoms with Crippen LogP contribution in [0.25, 0.3) is 0 Å². The second-order valence-electron chi connectivity index (χ2n) is 4.99. The Morgan fingerprint density at radius 1 is 1.52 bits per heavy atom. The first kappa shape index (κ1) is 16.4. The molecule has 2 rings (SSSR count). The average Bonchev–Trinajstić information content (AvgIpc) is 2.78. The van der Waals surface area contributed by atoms with Gasteiger partial charge in [0.05, 0.1) is 13.7 Å². The number of rotatable bonds is 6. The Bertz CT molecular complexity index is 619. The zero-order chi connectivity index (χ0) is 15.6. The number of hydrogen-bond donors (Lipinski definition) is 1. The Morgan fingerprint density at radius 3 is 2.67 bits per heavy atom. The monoisotopic (exact) mass is 333 g/mol. The summed E-state index contributed by atoms with van der Waals surface area (Å²) >= 11 is 1.07. The van der Waals surface area contributed by atoms with E-state index in [-0.39, 0.29) is 29.0 Å². The molecule has 0 bridgehead atoms. The maximum absolute atomic E-state index is 12.9. The molecule has 1 aliphatic rings. The number of methoxy groups -OCH3 is 1. The van der Waals surface area contributed by atoms with Crippen molar-refractivity contribution in [3.63, 3.8) is 0 Å². The van der Waals surface area contributed by atoms with Gasteiger partial charge in [0.25, 0.3) is 0 Å². The van der Waals surface area contributed by atoms with E-state index in [0.29, 0.717) is 5.56 Å². The number of carbonyl (C=O) groups is 1. The van der Waals surface area contributed by atoms with Crippen molar-refractivity contribution in [2.45, 2.75) is 37.1 Å². The molecule has 8 heteroatoms. The zero-order valence-electron chi connectivity index (χ0n) is 12.0. The number of thiophene rings is 1. The Hall–Kier alpha value is -0.960.